The number of carbonyl (C=O) groups excluding carboxylic acids is 1. The highest BCUT2D eigenvalue weighted by Crippen LogP contribution is 2.41. The van der Waals surface area contributed by atoms with Gasteiger partial charge in [0.1, 0.15) is 5.75 Å². The van der Waals surface area contributed by atoms with Crippen LogP contribution in [-0.4, -0.2) is 27.5 Å². The Morgan fingerprint density at radius 2 is 1.93 bits per heavy atom. The Morgan fingerprint density at radius 1 is 1.21 bits per heavy atom. The number of anilines is 1. The van der Waals surface area contributed by atoms with Gasteiger partial charge in [0.25, 0.3) is 15.9 Å². The summed E-state index contributed by atoms with van der Waals surface area (Å²) < 4.78 is 33.7. The highest BCUT2D eigenvalue weighted by atomic mass is 32.2. The van der Waals surface area contributed by atoms with Crippen molar-refractivity contribution in [2.75, 3.05) is 17.5 Å². The van der Waals surface area contributed by atoms with Crippen LogP contribution in [0, 0.1) is 0 Å². The van der Waals surface area contributed by atoms with Gasteiger partial charge in [-0.1, -0.05) is 39.0 Å². The van der Waals surface area contributed by atoms with Crippen molar-refractivity contribution in [2.24, 2.45) is 5.73 Å². The molecule has 0 spiro atoms. The minimum Gasteiger partial charge on any atom is -0.493 e. The number of fused-ring (bicyclic) bond motifs is 1. The number of carbonyl (C=O) groups is 1. The molecule has 1 aliphatic rings. The first-order chi connectivity index (χ1) is 13.2. The van der Waals surface area contributed by atoms with Crippen LogP contribution in [0.15, 0.2) is 47.4 Å². The van der Waals surface area contributed by atoms with E-state index in [1.165, 1.54) is 22.5 Å². The molecule has 2 N–H and O–H groups in total. The van der Waals surface area contributed by atoms with E-state index >= 15 is 0 Å². The van der Waals surface area contributed by atoms with Crippen molar-refractivity contribution in [3.63, 3.8) is 0 Å². The van der Waals surface area contributed by atoms with E-state index in [1.807, 2.05) is 31.2 Å². The second kappa shape index (κ2) is 7.47. The van der Waals surface area contributed by atoms with E-state index in [0.29, 0.717) is 31.0 Å². The largest absolute Gasteiger partial charge is 0.493 e. The highest BCUT2D eigenvalue weighted by Gasteiger charge is 2.37. The van der Waals surface area contributed by atoms with Crippen LogP contribution in [0.5, 0.6) is 5.75 Å². The highest BCUT2D eigenvalue weighted by molar-refractivity contribution is 7.92. The zero-order chi connectivity index (χ0) is 20.5. The van der Waals surface area contributed by atoms with Gasteiger partial charge in [0, 0.05) is 6.54 Å². The number of hydrogen-bond acceptors (Lipinski definition) is 4. The SMILES string of the molecule is CCCOc1ccc(S(=O)(=O)N2CCC(C)(C)c3ccccc32)cc1C(N)=O. The maximum absolute atomic E-state index is 13.4. The third-order valence-electron chi connectivity index (χ3n) is 5.11. The van der Waals surface area contributed by atoms with Crippen molar-refractivity contribution in [2.45, 2.75) is 43.9 Å². The van der Waals surface area contributed by atoms with E-state index in [2.05, 4.69) is 13.8 Å². The summed E-state index contributed by atoms with van der Waals surface area (Å²) in [5.41, 5.74) is 7.08. The number of benzene rings is 2. The Kier molecular flexibility index (Phi) is 5.39. The van der Waals surface area contributed by atoms with Crippen molar-refractivity contribution < 1.29 is 17.9 Å². The summed E-state index contributed by atoms with van der Waals surface area (Å²) in [5, 5.41) is 0. The first-order valence-corrected chi connectivity index (χ1v) is 10.8. The van der Waals surface area contributed by atoms with Crippen LogP contribution in [0.4, 0.5) is 5.69 Å². The molecule has 0 atom stereocenters. The quantitative estimate of drug-likeness (QED) is 0.801. The zero-order valence-corrected chi connectivity index (χ0v) is 17.3. The molecule has 2 aromatic carbocycles. The topological polar surface area (TPSA) is 89.7 Å². The number of ether oxygens (including phenoxy) is 1. The average molecular weight is 403 g/mol. The maximum Gasteiger partial charge on any atom is 0.264 e. The molecule has 1 aliphatic heterocycles. The standard InChI is InChI=1S/C21H26N2O4S/c1-4-13-27-19-10-9-15(14-16(19)20(22)24)28(25,26)23-12-11-21(2,3)17-7-5-6-8-18(17)23/h5-10,14H,4,11-13H2,1-3H3,(H2,22,24). The molecular weight excluding hydrogens is 376 g/mol. The van der Waals surface area contributed by atoms with Gasteiger partial charge >= 0.3 is 0 Å². The lowest BCUT2D eigenvalue weighted by molar-refractivity contribution is 0.0996. The van der Waals surface area contributed by atoms with Crippen LogP contribution in [0.3, 0.4) is 0 Å². The molecule has 0 bridgehead atoms. The zero-order valence-electron chi connectivity index (χ0n) is 16.4. The second-order valence-electron chi connectivity index (χ2n) is 7.60. The van der Waals surface area contributed by atoms with Gasteiger partial charge in [0.05, 0.1) is 22.8 Å². The van der Waals surface area contributed by atoms with Crippen LogP contribution < -0.4 is 14.8 Å². The molecule has 0 aliphatic carbocycles. The molecule has 0 aromatic heterocycles. The van der Waals surface area contributed by atoms with Crippen molar-refractivity contribution >= 4 is 21.6 Å². The summed E-state index contributed by atoms with van der Waals surface area (Å²) >= 11 is 0. The fourth-order valence-corrected chi connectivity index (χ4v) is 4.99. The third kappa shape index (κ3) is 3.58. The first kappa shape index (κ1) is 20.2. The molecule has 0 fully saturated rings. The molecule has 7 heteroatoms. The molecular formula is C21H26N2O4S. The minimum atomic E-state index is -3.85. The molecule has 6 nitrogen and oxygen atoms in total. The normalized spacial score (nSPS) is 15.8. The Labute approximate surface area is 166 Å². The van der Waals surface area contributed by atoms with E-state index in [-0.39, 0.29) is 15.9 Å². The molecule has 1 heterocycles. The number of hydrogen-bond donors (Lipinski definition) is 1. The fraction of sp³-hybridized carbons (Fsp3) is 0.381. The van der Waals surface area contributed by atoms with Crippen LogP contribution in [-0.2, 0) is 15.4 Å². The average Bonchev–Trinajstić information content (AvgIpc) is 2.66. The van der Waals surface area contributed by atoms with Gasteiger partial charge in [-0.2, -0.15) is 0 Å². The number of para-hydroxylation sites is 1. The number of primary amides is 1. The van der Waals surface area contributed by atoms with Gasteiger partial charge in [-0.3, -0.25) is 9.10 Å². The molecule has 0 saturated heterocycles. The van der Waals surface area contributed by atoms with Gasteiger partial charge in [-0.05, 0) is 48.1 Å². The Hall–Kier alpha value is -2.54. The van der Waals surface area contributed by atoms with Gasteiger partial charge in [-0.15, -0.1) is 0 Å². The third-order valence-corrected chi connectivity index (χ3v) is 6.92. The van der Waals surface area contributed by atoms with Crippen LogP contribution in [0.1, 0.15) is 49.5 Å². The fourth-order valence-electron chi connectivity index (χ4n) is 3.48. The minimum absolute atomic E-state index is 0.0275. The van der Waals surface area contributed by atoms with Gasteiger partial charge < -0.3 is 10.5 Å². The number of amides is 1. The molecule has 0 radical (unpaired) electrons. The Bertz CT molecular complexity index is 999. The number of rotatable bonds is 6. The molecule has 28 heavy (non-hydrogen) atoms. The summed E-state index contributed by atoms with van der Waals surface area (Å²) in [6, 6.07) is 11.8. The predicted molar refractivity (Wildman–Crippen MR) is 109 cm³/mol. The number of sulfonamides is 1. The van der Waals surface area contributed by atoms with Crippen LogP contribution in [0.2, 0.25) is 0 Å². The van der Waals surface area contributed by atoms with Crippen LogP contribution in [0.25, 0.3) is 0 Å². The molecule has 1 amide bonds. The van der Waals surface area contributed by atoms with E-state index in [4.69, 9.17) is 10.5 Å². The van der Waals surface area contributed by atoms with Crippen molar-refractivity contribution in [1.82, 2.24) is 0 Å². The Balaban J connectivity index is 2.06. The van der Waals surface area contributed by atoms with E-state index in [0.717, 1.165) is 12.0 Å². The smallest absolute Gasteiger partial charge is 0.264 e. The molecule has 3 rings (SSSR count). The summed E-state index contributed by atoms with van der Waals surface area (Å²) in [6.07, 6.45) is 1.46. The summed E-state index contributed by atoms with van der Waals surface area (Å²) in [5.74, 6) is -0.420. The molecule has 0 saturated carbocycles. The number of nitrogens with zero attached hydrogens (tertiary/aromatic N) is 1. The first-order valence-electron chi connectivity index (χ1n) is 9.37. The summed E-state index contributed by atoms with van der Waals surface area (Å²) in [6.45, 7) is 6.95. The van der Waals surface area contributed by atoms with Crippen LogP contribution >= 0.6 is 0 Å². The molecule has 2 aromatic rings. The van der Waals surface area contributed by atoms with Gasteiger partial charge in [0.15, 0.2) is 0 Å². The predicted octanol–water partition coefficient (Wildman–Crippen LogP) is 3.45. The monoisotopic (exact) mass is 402 g/mol. The number of nitrogens with two attached hydrogens (primary N) is 1. The maximum atomic E-state index is 13.4. The lowest BCUT2D eigenvalue weighted by atomic mass is 9.78. The lowest BCUT2D eigenvalue weighted by Crippen LogP contribution is -2.41. The van der Waals surface area contributed by atoms with E-state index < -0.39 is 15.9 Å². The lowest BCUT2D eigenvalue weighted by Gasteiger charge is -2.39. The van der Waals surface area contributed by atoms with E-state index in [1.54, 1.807) is 0 Å². The van der Waals surface area contributed by atoms with Crippen molar-refractivity contribution in [3.8, 4) is 5.75 Å². The second-order valence-corrected chi connectivity index (χ2v) is 9.46. The van der Waals surface area contributed by atoms with Crippen molar-refractivity contribution in [3.05, 3.63) is 53.6 Å². The van der Waals surface area contributed by atoms with Gasteiger partial charge in [-0.25, -0.2) is 8.42 Å². The van der Waals surface area contributed by atoms with E-state index in [9.17, 15) is 13.2 Å². The molecule has 150 valence electrons. The summed E-state index contributed by atoms with van der Waals surface area (Å²) in [4.78, 5) is 11.9. The van der Waals surface area contributed by atoms with Crippen molar-refractivity contribution in [1.29, 1.82) is 0 Å². The summed E-state index contributed by atoms with van der Waals surface area (Å²) in [7, 11) is -3.85. The molecule has 0 unspecified atom stereocenters. The Morgan fingerprint density at radius 3 is 2.61 bits per heavy atom. The van der Waals surface area contributed by atoms with Gasteiger partial charge in [0.2, 0.25) is 0 Å².